The molecule has 0 fully saturated rings. The van der Waals surface area contributed by atoms with Gasteiger partial charge in [0.05, 0.1) is 17.0 Å². The van der Waals surface area contributed by atoms with Gasteiger partial charge in [0, 0.05) is 11.3 Å². The van der Waals surface area contributed by atoms with Crippen LogP contribution >= 0.6 is 11.6 Å². The van der Waals surface area contributed by atoms with Gasteiger partial charge in [-0.05, 0) is 37.3 Å². The number of nitrogens with zero attached hydrogens (tertiary/aromatic N) is 1. The lowest BCUT2D eigenvalue weighted by Gasteiger charge is -2.09. The van der Waals surface area contributed by atoms with E-state index < -0.39 is 15.9 Å². The van der Waals surface area contributed by atoms with E-state index in [0.29, 0.717) is 5.82 Å². The first kappa shape index (κ1) is 16.3. The fourth-order valence-electron chi connectivity index (χ4n) is 1.75. The van der Waals surface area contributed by atoms with Gasteiger partial charge in [-0.15, -0.1) is 0 Å². The van der Waals surface area contributed by atoms with Crippen molar-refractivity contribution in [3.05, 3.63) is 52.7 Å². The average molecular weight is 340 g/mol. The molecule has 2 N–H and O–H groups in total. The number of carbonyl (C=O) groups is 1. The predicted molar refractivity (Wildman–Crippen MR) is 86.8 cm³/mol. The molecular formula is C14H14ClN3O3S. The molecule has 1 aromatic carbocycles. The fraction of sp³-hybridized carbons (Fsp3) is 0.143. The third kappa shape index (κ3) is 4.44. The molecule has 0 spiro atoms. The zero-order chi connectivity index (χ0) is 16.3. The van der Waals surface area contributed by atoms with Crippen LogP contribution in [0.4, 0.5) is 11.5 Å². The minimum atomic E-state index is -3.49. The van der Waals surface area contributed by atoms with Crippen molar-refractivity contribution in [2.45, 2.75) is 6.92 Å². The Morgan fingerprint density at radius 3 is 2.59 bits per heavy atom. The van der Waals surface area contributed by atoms with Crippen LogP contribution in [0.5, 0.6) is 0 Å². The van der Waals surface area contributed by atoms with Crippen molar-refractivity contribution >= 4 is 39.0 Å². The number of anilines is 2. The van der Waals surface area contributed by atoms with Gasteiger partial charge in [0.2, 0.25) is 10.0 Å². The van der Waals surface area contributed by atoms with E-state index in [9.17, 15) is 13.2 Å². The Morgan fingerprint density at radius 2 is 1.95 bits per heavy atom. The topological polar surface area (TPSA) is 88.2 Å². The van der Waals surface area contributed by atoms with Gasteiger partial charge < -0.3 is 5.32 Å². The van der Waals surface area contributed by atoms with Crippen molar-refractivity contribution in [2.24, 2.45) is 0 Å². The molecule has 6 nitrogen and oxygen atoms in total. The maximum Gasteiger partial charge on any atom is 0.256 e. The van der Waals surface area contributed by atoms with E-state index in [0.717, 1.165) is 11.9 Å². The number of pyridine rings is 1. The summed E-state index contributed by atoms with van der Waals surface area (Å²) < 4.78 is 24.8. The third-order valence-corrected chi connectivity index (χ3v) is 3.57. The number of sulfonamides is 1. The van der Waals surface area contributed by atoms with Gasteiger partial charge in [-0.3, -0.25) is 9.52 Å². The molecule has 0 bridgehead atoms. The maximum atomic E-state index is 12.2. The molecule has 0 radical (unpaired) electrons. The number of aromatic nitrogens is 1. The Kier molecular flexibility index (Phi) is 4.68. The summed E-state index contributed by atoms with van der Waals surface area (Å²) >= 11 is 5.92. The maximum absolute atomic E-state index is 12.2. The van der Waals surface area contributed by atoms with Gasteiger partial charge in [0.1, 0.15) is 5.82 Å². The SMILES string of the molecule is Cc1cccc(NC(=O)c2ccc(Cl)c(NS(C)(=O)=O)c2)n1. The Bertz CT molecular complexity index is 822. The number of hydrogen-bond donors (Lipinski definition) is 2. The van der Waals surface area contributed by atoms with Crippen LogP contribution in [0.2, 0.25) is 5.02 Å². The van der Waals surface area contributed by atoms with E-state index in [1.165, 1.54) is 18.2 Å². The van der Waals surface area contributed by atoms with Crippen molar-refractivity contribution in [1.82, 2.24) is 4.98 Å². The van der Waals surface area contributed by atoms with Gasteiger partial charge in [-0.25, -0.2) is 13.4 Å². The fourth-order valence-corrected chi connectivity index (χ4v) is 2.53. The first-order chi connectivity index (χ1) is 10.2. The summed E-state index contributed by atoms with van der Waals surface area (Å²) in [6, 6.07) is 9.57. The number of halogens is 1. The average Bonchev–Trinajstić information content (AvgIpc) is 2.39. The van der Waals surface area contributed by atoms with Crippen LogP contribution in [0.25, 0.3) is 0 Å². The minimum absolute atomic E-state index is 0.147. The smallest absolute Gasteiger partial charge is 0.256 e. The standard InChI is InChI=1S/C14H14ClN3O3S/c1-9-4-3-5-13(16-9)17-14(19)10-6-7-11(15)12(8-10)18-22(2,20)21/h3-8,18H,1-2H3,(H,16,17,19). The number of benzene rings is 1. The Hall–Kier alpha value is -2.12. The quantitative estimate of drug-likeness (QED) is 0.896. The molecule has 0 aliphatic heterocycles. The van der Waals surface area contributed by atoms with Gasteiger partial charge >= 0.3 is 0 Å². The lowest BCUT2D eigenvalue weighted by Crippen LogP contribution is -2.15. The summed E-state index contributed by atoms with van der Waals surface area (Å²) in [6.45, 7) is 1.81. The Balaban J connectivity index is 2.25. The molecule has 1 heterocycles. The van der Waals surface area contributed by atoms with E-state index in [-0.39, 0.29) is 16.3 Å². The molecular weight excluding hydrogens is 326 g/mol. The Morgan fingerprint density at radius 1 is 1.23 bits per heavy atom. The van der Waals surface area contributed by atoms with Gasteiger partial charge in [0.25, 0.3) is 5.91 Å². The zero-order valence-corrected chi connectivity index (χ0v) is 13.5. The van der Waals surface area contributed by atoms with Gasteiger partial charge in [-0.2, -0.15) is 0 Å². The van der Waals surface area contributed by atoms with Crippen LogP contribution in [-0.2, 0) is 10.0 Å². The van der Waals surface area contributed by atoms with Crippen molar-refractivity contribution in [3.63, 3.8) is 0 Å². The van der Waals surface area contributed by atoms with Crippen molar-refractivity contribution in [2.75, 3.05) is 16.3 Å². The number of rotatable bonds is 4. The molecule has 1 amide bonds. The molecule has 2 aromatic rings. The Labute approximate surface area is 133 Å². The molecule has 2 rings (SSSR count). The summed E-state index contributed by atoms with van der Waals surface area (Å²) in [5.41, 5.74) is 1.18. The first-order valence-electron chi connectivity index (χ1n) is 6.27. The van der Waals surface area contributed by atoms with E-state index in [2.05, 4.69) is 15.0 Å². The highest BCUT2D eigenvalue weighted by molar-refractivity contribution is 7.92. The molecule has 116 valence electrons. The van der Waals surface area contributed by atoms with Crippen LogP contribution in [-0.4, -0.2) is 25.6 Å². The number of amides is 1. The number of nitrogens with one attached hydrogen (secondary N) is 2. The molecule has 0 saturated carbocycles. The van der Waals surface area contributed by atoms with Crippen molar-refractivity contribution in [3.8, 4) is 0 Å². The van der Waals surface area contributed by atoms with Crippen LogP contribution in [0.15, 0.2) is 36.4 Å². The lowest BCUT2D eigenvalue weighted by atomic mass is 10.2. The predicted octanol–water partition coefficient (Wildman–Crippen LogP) is 2.67. The van der Waals surface area contributed by atoms with Crippen LogP contribution in [0.1, 0.15) is 16.1 Å². The number of hydrogen-bond acceptors (Lipinski definition) is 4. The second-order valence-electron chi connectivity index (χ2n) is 4.69. The zero-order valence-electron chi connectivity index (χ0n) is 11.9. The van der Waals surface area contributed by atoms with E-state index in [1.54, 1.807) is 12.1 Å². The van der Waals surface area contributed by atoms with Crippen molar-refractivity contribution < 1.29 is 13.2 Å². The van der Waals surface area contributed by atoms with E-state index in [4.69, 9.17) is 11.6 Å². The number of aryl methyl sites for hydroxylation is 1. The molecule has 0 atom stereocenters. The molecule has 22 heavy (non-hydrogen) atoms. The highest BCUT2D eigenvalue weighted by atomic mass is 35.5. The highest BCUT2D eigenvalue weighted by Crippen LogP contribution is 2.24. The molecule has 1 aromatic heterocycles. The van der Waals surface area contributed by atoms with Crippen molar-refractivity contribution in [1.29, 1.82) is 0 Å². The third-order valence-electron chi connectivity index (χ3n) is 2.65. The monoisotopic (exact) mass is 339 g/mol. The summed E-state index contributed by atoms with van der Waals surface area (Å²) in [5, 5.41) is 2.84. The van der Waals surface area contributed by atoms with Crippen LogP contribution in [0, 0.1) is 6.92 Å². The van der Waals surface area contributed by atoms with E-state index >= 15 is 0 Å². The van der Waals surface area contributed by atoms with Crippen LogP contribution < -0.4 is 10.0 Å². The molecule has 0 aliphatic rings. The summed E-state index contributed by atoms with van der Waals surface area (Å²) in [4.78, 5) is 16.4. The molecule has 0 unspecified atom stereocenters. The lowest BCUT2D eigenvalue weighted by molar-refractivity contribution is 0.102. The first-order valence-corrected chi connectivity index (χ1v) is 8.54. The summed E-state index contributed by atoms with van der Waals surface area (Å²) in [7, 11) is -3.49. The minimum Gasteiger partial charge on any atom is -0.307 e. The second kappa shape index (κ2) is 6.33. The van der Waals surface area contributed by atoms with E-state index in [1.807, 2.05) is 13.0 Å². The second-order valence-corrected chi connectivity index (χ2v) is 6.84. The van der Waals surface area contributed by atoms with Gasteiger partial charge in [0.15, 0.2) is 0 Å². The normalized spacial score (nSPS) is 11.0. The summed E-state index contributed by atoms with van der Waals surface area (Å²) in [5.74, 6) is 0.00360. The summed E-state index contributed by atoms with van der Waals surface area (Å²) in [6.07, 6.45) is 1.01. The van der Waals surface area contributed by atoms with Gasteiger partial charge in [-0.1, -0.05) is 17.7 Å². The molecule has 0 aliphatic carbocycles. The largest absolute Gasteiger partial charge is 0.307 e. The molecule has 0 saturated heterocycles. The molecule has 8 heteroatoms. The van der Waals surface area contributed by atoms with Crippen LogP contribution in [0.3, 0.4) is 0 Å². The number of carbonyl (C=O) groups excluding carboxylic acids is 1. The highest BCUT2D eigenvalue weighted by Gasteiger charge is 2.12.